The largest absolute Gasteiger partial charge is 0.344 e. The van der Waals surface area contributed by atoms with Gasteiger partial charge in [0.15, 0.2) is 5.71 Å². The van der Waals surface area contributed by atoms with Crippen molar-refractivity contribution >= 4 is 72.9 Å². The molecule has 4 heterocycles. The van der Waals surface area contributed by atoms with Crippen LogP contribution in [-0.2, 0) is 69.5 Å². The number of hydroxylamine groups is 4. The second kappa shape index (κ2) is 19.3. The molecule has 4 amide bonds. The van der Waals surface area contributed by atoms with E-state index in [0.717, 1.165) is 17.1 Å². The van der Waals surface area contributed by atoms with Gasteiger partial charge in [-0.2, -0.15) is 21.4 Å². The second-order valence-corrected chi connectivity index (χ2v) is 20.0. The third kappa shape index (κ3) is 10.7. The molecule has 0 saturated carbocycles. The molecule has 348 valence electrons. The van der Waals surface area contributed by atoms with Crippen molar-refractivity contribution < 1.29 is 69.0 Å². The van der Waals surface area contributed by atoms with E-state index in [1.54, 1.807) is 30.4 Å². The quantitative estimate of drug-likeness (QED) is 0.0566. The van der Waals surface area contributed by atoms with Gasteiger partial charge >= 0.3 is 11.9 Å². The molecule has 0 spiro atoms. The highest BCUT2D eigenvalue weighted by atomic mass is 32.2. The molecule has 18 nitrogen and oxygen atoms in total. The first-order chi connectivity index (χ1) is 30.5. The van der Waals surface area contributed by atoms with Crippen LogP contribution in [0.5, 0.6) is 0 Å². The van der Waals surface area contributed by atoms with E-state index < -0.39 is 66.6 Å². The molecule has 0 aromatic heterocycles. The molecule has 0 aliphatic carbocycles. The van der Waals surface area contributed by atoms with Crippen molar-refractivity contribution in [3.05, 3.63) is 83.6 Å². The zero-order chi connectivity index (χ0) is 47.5. The summed E-state index contributed by atoms with van der Waals surface area (Å²) in [6.45, 7) is 8.48. The zero-order valence-electron chi connectivity index (χ0n) is 36.6. The van der Waals surface area contributed by atoms with Crippen LogP contribution < -0.4 is 4.90 Å². The lowest BCUT2D eigenvalue weighted by molar-refractivity contribution is -0.438. The maximum absolute atomic E-state index is 12.6. The topological polar surface area (TPSA) is 242 Å². The van der Waals surface area contributed by atoms with Gasteiger partial charge < -0.3 is 14.6 Å². The molecular weight excluding hydrogens is 885 g/mol. The Hall–Kier alpha value is -5.83. The molecule has 0 bridgehead atoms. The van der Waals surface area contributed by atoms with Gasteiger partial charge in [-0.1, -0.05) is 44.6 Å². The highest BCUT2D eigenvalue weighted by Crippen LogP contribution is 2.49. The molecule has 65 heavy (non-hydrogen) atoms. The summed E-state index contributed by atoms with van der Waals surface area (Å²) in [7, 11) is -9.10. The first-order valence-electron chi connectivity index (χ1n) is 21.4. The number of carbonyl (C=O) groups excluding carboxylic acids is 6. The smallest absolute Gasteiger partial charge is 0.333 e. The van der Waals surface area contributed by atoms with Gasteiger partial charge in [-0.05, 0) is 75.4 Å². The van der Waals surface area contributed by atoms with Crippen LogP contribution >= 0.6 is 0 Å². The molecule has 0 unspecified atom stereocenters. The number of allylic oxidation sites excluding steroid dienone is 6. The predicted molar refractivity (Wildman–Crippen MR) is 233 cm³/mol. The van der Waals surface area contributed by atoms with Gasteiger partial charge in [-0.25, -0.2) is 9.59 Å². The first kappa shape index (κ1) is 48.6. The standard InChI is InChI=1S/C45H52N4O14S2/c1-44(2)31-29-30(64(56,57)58)21-22-32(31)46(27-12-6-10-19-41(54)62-48-37(50)23-24-38(48)51)35(44)17-8-5-9-18-36-45(3,4)43-33(15-14-16-34(43)65(59,60)61)47(36)28-13-7-11-20-42(55)63-49-39(52)25-26-40(49)53/h5,8-9,14-18,21-22,29H,6-7,10-13,19-20,23-28H2,1-4H3,(H-,56,57,58,59,60,61)/p+1. The number of unbranched alkanes of at least 4 members (excludes halogenated alkanes) is 4. The van der Waals surface area contributed by atoms with Crippen LogP contribution in [0.1, 0.15) is 116 Å². The SMILES string of the molecule is CC1(C)C(=CC=CC=CC2=[N+](CCCCCC(=O)ON3C(=O)CCC3=O)c3cccc(S(=O)(=O)O)c3C2(C)C)N(CCCCCC(=O)ON2C(=O)CCC2=O)c2ccc(S(=O)(=O)O)cc21. The van der Waals surface area contributed by atoms with Gasteiger partial charge in [0, 0.05) is 80.4 Å². The van der Waals surface area contributed by atoms with Gasteiger partial charge in [0.1, 0.15) is 11.4 Å². The number of fused-ring (bicyclic) bond motifs is 2. The van der Waals surface area contributed by atoms with Gasteiger partial charge in [0.2, 0.25) is 5.69 Å². The minimum Gasteiger partial charge on any atom is -0.344 e. The van der Waals surface area contributed by atoms with E-state index >= 15 is 0 Å². The number of anilines is 1. The third-order valence-corrected chi connectivity index (χ3v) is 13.7. The summed E-state index contributed by atoms with van der Waals surface area (Å²) in [5.74, 6) is -3.60. The Morgan fingerprint density at radius 3 is 1.83 bits per heavy atom. The fraction of sp³-hybridized carbons (Fsp3) is 0.444. The summed E-state index contributed by atoms with van der Waals surface area (Å²) in [5, 5.41) is 1.04. The van der Waals surface area contributed by atoms with Crippen LogP contribution in [0.2, 0.25) is 0 Å². The Labute approximate surface area is 377 Å². The lowest BCUT2D eigenvalue weighted by atomic mass is 9.81. The Morgan fingerprint density at radius 1 is 0.708 bits per heavy atom. The van der Waals surface area contributed by atoms with Crippen LogP contribution in [0.15, 0.2) is 82.3 Å². The normalized spacial score (nSPS) is 18.9. The van der Waals surface area contributed by atoms with Crippen molar-refractivity contribution in [2.24, 2.45) is 0 Å². The Kier molecular flexibility index (Phi) is 14.5. The number of rotatable bonds is 19. The molecule has 2 aromatic rings. The van der Waals surface area contributed by atoms with Crippen LogP contribution in [0.25, 0.3) is 0 Å². The molecule has 20 heteroatoms. The second-order valence-electron chi connectivity index (χ2n) is 17.2. The summed E-state index contributed by atoms with van der Waals surface area (Å²) < 4.78 is 71.5. The van der Waals surface area contributed by atoms with E-state index in [9.17, 15) is 54.7 Å². The number of benzene rings is 2. The highest BCUT2D eigenvalue weighted by Gasteiger charge is 2.48. The number of hydrogen-bond acceptors (Lipinski definition) is 13. The van der Waals surface area contributed by atoms with Crippen molar-refractivity contribution in [3.63, 3.8) is 0 Å². The Balaban J connectivity index is 1.19. The fourth-order valence-corrected chi connectivity index (χ4v) is 10.1. The van der Waals surface area contributed by atoms with Crippen molar-refractivity contribution in [1.82, 2.24) is 10.1 Å². The number of hydrogen-bond donors (Lipinski definition) is 2. The summed E-state index contributed by atoms with van der Waals surface area (Å²) in [6.07, 6.45) is 12.3. The highest BCUT2D eigenvalue weighted by molar-refractivity contribution is 7.86. The van der Waals surface area contributed by atoms with Crippen molar-refractivity contribution in [2.75, 3.05) is 18.0 Å². The monoisotopic (exact) mass is 937 g/mol. The van der Waals surface area contributed by atoms with Gasteiger partial charge in [-0.3, -0.25) is 28.3 Å². The molecule has 0 atom stereocenters. The van der Waals surface area contributed by atoms with E-state index in [0.29, 0.717) is 78.6 Å². The van der Waals surface area contributed by atoms with Gasteiger partial charge in [0.25, 0.3) is 43.9 Å². The fourth-order valence-electron chi connectivity index (χ4n) is 8.68. The summed E-state index contributed by atoms with van der Waals surface area (Å²) >= 11 is 0. The molecule has 6 rings (SSSR count). The van der Waals surface area contributed by atoms with Crippen LogP contribution in [0.4, 0.5) is 11.4 Å². The lowest BCUT2D eigenvalue weighted by Gasteiger charge is -2.27. The van der Waals surface area contributed by atoms with Crippen molar-refractivity contribution in [3.8, 4) is 0 Å². The van der Waals surface area contributed by atoms with E-state index in [4.69, 9.17) is 9.68 Å². The number of amides is 4. The van der Waals surface area contributed by atoms with E-state index in [-0.39, 0.29) is 48.3 Å². The molecule has 4 aliphatic heterocycles. The predicted octanol–water partition coefficient (Wildman–Crippen LogP) is 5.69. The maximum atomic E-state index is 12.6. The number of nitrogens with zero attached hydrogens (tertiary/aromatic N) is 4. The Morgan fingerprint density at radius 2 is 1.28 bits per heavy atom. The molecule has 0 radical (unpaired) electrons. The first-order valence-corrected chi connectivity index (χ1v) is 24.3. The lowest BCUT2D eigenvalue weighted by Crippen LogP contribution is -2.32. The maximum Gasteiger partial charge on any atom is 0.333 e. The number of carbonyl (C=O) groups is 6. The van der Waals surface area contributed by atoms with Crippen molar-refractivity contribution in [1.29, 1.82) is 0 Å². The molecule has 2 N–H and O–H groups in total. The summed E-state index contributed by atoms with van der Waals surface area (Å²) in [6, 6.07) is 9.13. The Bertz CT molecular complexity index is 2630. The van der Waals surface area contributed by atoms with Crippen LogP contribution in [-0.4, -0.2) is 95.0 Å². The average molecular weight is 938 g/mol. The molecule has 4 aliphatic rings. The summed E-state index contributed by atoms with van der Waals surface area (Å²) in [4.78, 5) is 83.5. The minimum atomic E-state index is -4.60. The van der Waals surface area contributed by atoms with Crippen LogP contribution in [0.3, 0.4) is 0 Å². The number of imide groups is 2. The molecular formula is C45H53N4O14S2+. The van der Waals surface area contributed by atoms with E-state index in [2.05, 4.69) is 0 Å². The molecule has 2 fully saturated rings. The molecule has 2 saturated heterocycles. The molecule has 2 aromatic carbocycles. The van der Waals surface area contributed by atoms with Gasteiger partial charge in [-0.15, -0.1) is 10.1 Å². The zero-order valence-corrected chi connectivity index (χ0v) is 38.3. The summed E-state index contributed by atoms with van der Waals surface area (Å²) in [5.41, 5.74) is 2.38. The minimum absolute atomic E-state index is 0.000561. The van der Waals surface area contributed by atoms with Gasteiger partial charge in [0.05, 0.1) is 15.9 Å². The third-order valence-electron chi connectivity index (χ3n) is 11.9. The van der Waals surface area contributed by atoms with Crippen LogP contribution in [0, 0.1) is 0 Å². The van der Waals surface area contributed by atoms with Crippen molar-refractivity contribution in [2.45, 2.75) is 125 Å². The van der Waals surface area contributed by atoms with E-state index in [1.807, 2.05) is 55.4 Å². The average Bonchev–Trinajstić information content (AvgIpc) is 3.86. The van der Waals surface area contributed by atoms with E-state index in [1.165, 1.54) is 18.2 Å².